The number of ether oxygens (including phenoxy) is 1. The van der Waals surface area contributed by atoms with E-state index in [4.69, 9.17) is 9.15 Å². The number of hydrogen-bond donors (Lipinski definition) is 1. The average molecular weight is 397 g/mol. The van der Waals surface area contributed by atoms with Crippen molar-refractivity contribution in [3.05, 3.63) is 70.9 Å². The Balaban J connectivity index is 1.45. The molecule has 1 aliphatic heterocycles. The summed E-state index contributed by atoms with van der Waals surface area (Å²) in [6.45, 7) is 10.1. The molecule has 2 aliphatic rings. The van der Waals surface area contributed by atoms with Crippen LogP contribution in [-0.2, 0) is 21.4 Å². The Morgan fingerprint density at radius 3 is 2.93 bits per heavy atom. The van der Waals surface area contributed by atoms with Gasteiger partial charge in [0.25, 0.3) is 0 Å². The van der Waals surface area contributed by atoms with Gasteiger partial charge in [-0.2, -0.15) is 0 Å². The van der Waals surface area contributed by atoms with E-state index in [-0.39, 0.29) is 11.2 Å². The van der Waals surface area contributed by atoms with Crippen LogP contribution in [0.2, 0.25) is 0 Å². The Labute approximate surface area is 173 Å². The van der Waals surface area contributed by atoms with Gasteiger partial charge < -0.3 is 14.3 Å². The van der Waals surface area contributed by atoms with E-state index in [1.165, 1.54) is 17.6 Å². The molecule has 2 unspecified atom stereocenters. The van der Waals surface area contributed by atoms with E-state index in [2.05, 4.69) is 44.7 Å². The molecule has 156 valence electrons. The molecule has 0 aromatic carbocycles. The third kappa shape index (κ3) is 4.92. The van der Waals surface area contributed by atoms with Crippen LogP contribution in [0.3, 0.4) is 0 Å². The van der Waals surface area contributed by atoms with Crippen molar-refractivity contribution >= 4 is 5.97 Å². The van der Waals surface area contributed by atoms with Crippen LogP contribution < -0.4 is 0 Å². The highest BCUT2D eigenvalue weighted by molar-refractivity contribution is 5.91. The number of cyclic esters (lactones) is 1. The monoisotopic (exact) mass is 396 g/mol. The lowest BCUT2D eigenvalue weighted by molar-refractivity contribution is -0.140. The zero-order valence-electron chi connectivity index (χ0n) is 17.8. The molecule has 0 amide bonds. The molecule has 0 spiro atoms. The van der Waals surface area contributed by atoms with Gasteiger partial charge in [-0.3, -0.25) is 0 Å². The van der Waals surface area contributed by atoms with E-state index in [1.54, 1.807) is 13.2 Å². The molecule has 4 nitrogen and oxygen atoms in total. The fourth-order valence-electron chi connectivity index (χ4n) is 4.20. The van der Waals surface area contributed by atoms with Crippen molar-refractivity contribution in [1.82, 2.24) is 0 Å². The highest BCUT2D eigenvalue weighted by Gasteiger charge is 2.33. The lowest BCUT2D eigenvalue weighted by atomic mass is 9.75. The van der Waals surface area contributed by atoms with Gasteiger partial charge >= 0.3 is 5.97 Å². The van der Waals surface area contributed by atoms with Gasteiger partial charge in [0.2, 0.25) is 0 Å². The van der Waals surface area contributed by atoms with Crippen LogP contribution in [0.25, 0.3) is 0 Å². The van der Waals surface area contributed by atoms with Crippen molar-refractivity contribution < 1.29 is 19.1 Å². The highest BCUT2D eigenvalue weighted by atomic mass is 16.6. The molecule has 0 radical (unpaired) electrons. The summed E-state index contributed by atoms with van der Waals surface area (Å²) in [6.07, 6.45) is 14.6. The largest absolute Gasteiger partial charge is 0.508 e. The Bertz CT molecular complexity index is 867. The minimum absolute atomic E-state index is 0.0193. The molecule has 0 bridgehead atoms. The summed E-state index contributed by atoms with van der Waals surface area (Å²) >= 11 is 0. The molecule has 3 rings (SSSR count). The van der Waals surface area contributed by atoms with Crippen LogP contribution in [-0.4, -0.2) is 17.2 Å². The molecule has 0 saturated heterocycles. The van der Waals surface area contributed by atoms with Crippen LogP contribution >= 0.6 is 0 Å². The predicted octanol–water partition coefficient (Wildman–Crippen LogP) is 6.25. The molecule has 2 heterocycles. The van der Waals surface area contributed by atoms with E-state index in [0.29, 0.717) is 12.0 Å². The predicted molar refractivity (Wildman–Crippen MR) is 115 cm³/mol. The molecule has 0 saturated carbocycles. The third-order valence-electron chi connectivity index (χ3n) is 6.07. The van der Waals surface area contributed by atoms with Crippen LogP contribution in [0.1, 0.15) is 70.6 Å². The molecule has 29 heavy (non-hydrogen) atoms. The van der Waals surface area contributed by atoms with Gasteiger partial charge in [0, 0.05) is 11.8 Å². The molecular formula is C25H32O4. The third-order valence-corrected chi connectivity index (χ3v) is 6.07. The maximum absolute atomic E-state index is 11.5. The van der Waals surface area contributed by atoms with Gasteiger partial charge in [0.15, 0.2) is 6.10 Å². The first-order valence-corrected chi connectivity index (χ1v) is 10.5. The second-order valence-corrected chi connectivity index (χ2v) is 8.63. The van der Waals surface area contributed by atoms with Crippen molar-refractivity contribution in [3.63, 3.8) is 0 Å². The number of aliphatic hydroxyl groups is 1. The topological polar surface area (TPSA) is 59.7 Å². The summed E-state index contributed by atoms with van der Waals surface area (Å²) < 4.78 is 10.9. The summed E-state index contributed by atoms with van der Waals surface area (Å²) in [5.74, 6) is 0.731. The molecule has 1 aliphatic carbocycles. The lowest BCUT2D eigenvalue weighted by Crippen LogP contribution is -2.23. The molecule has 2 atom stereocenters. The number of furan rings is 1. The molecular weight excluding hydrogens is 364 g/mol. The normalized spacial score (nSPS) is 24.9. The molecule has 1 aromatic heterocycles. The second-order valence-electron chi connectivity index (χ2n) is 8.63. The number of hydrogen-bond acceptors (Lipinski definition) is 4. The molecule has 1 N–H and O–H groups in total. The second kappa shape index (κ2) is 8.89. The van der Waals surface area contributed by atoms with Gasteiger partial charge in [-0.1, -0.05) is 36.0 Å². The zero-order chi connectivity index (χ0) is 21.0. The minimum Gasteiger partial charge on any atom is -0.508 e. The van der Waals surface area contributed by atoms with E-state index in [1.807, 2.05) is 0 Å². The van der Waals surface area contributed by atoms with E-state index in [0.717, 1.165) is 43.4 Å². The van der Waals surface area contributed by atoms with Crippen molar-refractivity contribution in [2.45, 2.75) is 77.2 Å². The lowest BCUT2D eigenvalue weighted by Gasteiger charge is -2.29. The summed E-state index contributed by atoms with van der Waals surface area (Å²) in [5.41, 5.74) is 3.94. The zero-order valence-corrected chi connectivity index (χ0v) is 17.8. The first kappa shape index (κ1) is 21.2. The fraction of sp³-hybridized carbons (Fsp3) is 0.480. The Hall–Kier alpha value is -2.49. The minimum atomic E-state index is -0.558. The summed E-state index contributed by atoms with van der Waals surface area (Å²) in [6, 6.07) is 2.10. The number of aliphatic hydroxyl groups excluding tert-OH is 1. The summed E-state index contributed by atoms with van der Waals surface area (Å²) in [4.78, 5) is 11.5. The molecule has 4 heteroatoms. The number of carbonyl (C=O) groups is 1. The molecule has 1 aromatic rings. The van der Waals surface area contributed by atoms with Crippen molar-refractivity contribution in [2.75, 3.05) is 0 Å². The van der Waals surface area contributed by atoms with Crippen LogP contribution in [0.5, 0.6) is 0 Å². The van der Waals surface area contributed by atoms with Crippen LogP contribution in [0.4, 0.5) is 0 Å². The smallest absolute Gasteiger partial charge is 0.338 e. The van der Waals surface area contributed by atoms with Gasteiger partial charge in [-0.05, 0) is 70.9 Å². The quantitative estimate of drug-likeness (QED) is 0.320. The molecule has 0 fully saturated rings. The number of carbonyl (C=O) groups excluding carboxylic acids is 1. The summed E-state index contributed by atoms with van der Waals surface area (Å²) in [7, 11) is 0. The number of rotatable bonds is 8. The number of allylic oxidation sites excluding steroid dienone is 4. The number of esters is 1. The Morgan fingerprint density at radius 2 is 2.21 bits per heavy atom. The standard InChI is InChI=1S/C25H32O4/c1-17(8-5-9-18(2)16-21-22(26)19(3)24(27)29-21)10-6-13-25(4)14-7-11-20-12-15-28-23(20)25/h6,10,12-13,15,21,26H,2,5,7-9,11,14,16H2,1,3-4H3/b13-6+,17-10+. The summed E-state index contributed by atoms with van der Waals surface area (Å²) in [5, 5.41) is 9.93. The highest BCUT2D eigenvalue weighted by Crippen LogP contribution is 2.39. The maximum atomic E-state index is 11.5. The maximum Gasteiger partial charge on any atom is 0.338 e. The van der Waals surface area contributed by atoms with Crippen molar-refractivity contribution in [3.8, 4) is 0 Å². The average Bonchev–Trinajstić information content (AvgIpc) is 3.24. The fourth-order valence-corrected chi connectivity index (χ4v) is 4.20. The van der Waals surface area contributed by atoms with Gasteiger partial charge in [-0.15, -0.1) is 0 Å². The number of fused-ring (bicyclic) bond motifs is 1. The Morgan fingerprint density at radius 1 is 1.41 bits per heavy atom. The van der Waals surface area contributed by atoms with Crippen molar-refractivity contribution in [1.29, 1.82) is 0 Å². The first-order chi connectivity index (χ1) is 13.8. The van der Waals surface area contributed by atoms with E-state index in [9.17, 15) is 9.90 Å². The van der Waals surface area contributed by atoms with Crippen molar-refractivity contribution in [2.24, 2.45) is 0 Å². The van der Waals surface area contributed by atoms with E-state index >= 15 is 0 Å². The number of aryl methyl sites for hydroxylation is 1. The SMILES string of the molecule is C=C(CCC/C(C)=C/C=C/C1(C)CCCc2ccoc21)CC1OC(=O)C(C)=C1O. The van der Waals surface area contributed by atoms with Crippen LogP contribution in [0.15, 0.2) is 64.0 Å². The first-order valence-electron chi connectivity index (χ1n) is 10.5. The van der Waals surface area contributed by atoms with Gasteiger partial charge in [-0.25, -0.2) is 4.79 Å². The van der Waals surface area contributed by atoms with Gasteiger partial charge in [0.1, 0.15) is 11.5 Å². The van der Waals surface area contributed by atoms with Gasteiger partial charge in [0.05, 0.1) is 11.8 Å². The van der Waals surface area contributed by atoms with Crippen LogP contribution in [0, 0.1) is 0 Å². The Kier molecular flexibility index (Phi) is 6.51. The van der Waals surface area contributed by atoms with E-state index < -0.39 is 12.1 Å².